The minimum Gasteiger partial charge on any atom is -0.384 e. The van der Waals surface area contributed by atoms with Gasteiger partial charge in [-0.15, -0.1) is 0 Å². The zero-order valence-corrected chi connectivity index (χ0v) is 10.6. The van der Waals surface area contributed by atoms with Crippen molar-refractivity contribution in [3.8, 4) is 0 Å². The van der Waals surface area contributed by atoms with Crippen LogP contribution >= 0.6 is 0 Å². The van der Waals surface area contributed by atoms with E-state index in [1.165, 1.54) is 0 Å². The minimum atomic E-state index is -0.0568. The van der Waals surface area contributed by atoms with Crippen LogP contribution in [0.3, 0.4) is 0 Å². The van der Waals surface area contributed by atoms with Crippen LogP contribution in [-0.4, -0.2) is 29.6 Å². The van der Waals surface area contributed by atoms with E-state index in [0.717, 1.165) is 11.0 Å². The van der Waals surface area contributed by atoms with Crippen LogP contribution < -0.4 is 5.32 Å². The third-order valence-electron chi connectivity index (χ3n) is 2.63. The van der Waals surface area contributed by atoms with Crippen molar-refractivity contribution < 1.29 is 9.53 Å². The Balaban J connectivity index is 1.98. The monoisotopic (exact) mass is 247 g/mol. The zero-order chi connectivity index (χ0) is 13.0. The summed E-state index contributed by atoms with van der Waals surface area (Å²) in [4.78, 5) is 19.1. The van der Waals surface area contributed by atoms with Gasteiger partial charge in [0.15, 0.2) is 0 Å². The summed E-state index contributed by atoms with van der Waals surface area (Å²) in [6.45, 7) is 2.55. The molecule has 18 heavy (non-hydrogen) atoms. The molecule has 1 amide bonds. The fourth-order valence-corrected chi connectivity index (χ4v) is 1.86. The molecule has 96 valence electrons. The summed E-state index contributed by atoms with van der Waals surface area (Å²) in [5.74, 6) is 0.629. The van der Waals surface area contributed by atoms with Gasteiger partial charge in [-0.1, -0.05) is 19.1 Å². The number of aromatic amines is 1. The van der Waals surface area contributed by atoms with Gasteiger partial charge in [0.1, 0.15) is 0 Å². The molecule has 0 aliphatic rings. The fraction of sp³-hybridized carbons (Fsp3) is 0.385. The number of imidazole rings is 1. The van der Waals surface area contributed by atoms with Gasteiger partial charge >= 0.3 is 0 Å². The maximum Gasteiger partial charge on any atom is 0.227 e. The van der Waals surface area contributed by atoms with Gasteiger partial charge in [0.25, 0.3) is 0 Å². The van der Waals surface area contributed by atoms with Gasteiger partial charge < -0.3 is 9.72 Å². The molecule has 0 bridgehead atoms. The van der Waals surface area contributed by atoms with Crippen LogP contribution in [0.1, 0.15) is 13.3 Å². The highest BCUT2D eigenvalue weighted by atomic mass is 16.5. The van der Waals surface area contributed by atoms with E-state index in [4.69, 9.17) is 4.74 Å². The molecule has 1 unspecified atom stereocenters. The molecule has 5 nitrogen and oxygen atoms in total. The van der Waals surface area contributed by atoms with Gasteiger partial charge in [-0.2, -0.15) is 0 Å². The number of hydrogen-bond acceptors (Lipinski definition) is 3. The molecule has 0 radical (unpaired) electrons. The fourth-order valence-electron chi connectivity index (χ4n) is 1.86. The molecule has 0 spiro atoms. The number of hydrogen-bond donors (Lipinski definition) is 2. The third-order valence-corrected chi connectivity index (χ3v) is 2.63. The molecule has 0 fully saturated rings. The van der Waals surface area contributed by atoms with Crippen molar-refractivity contribution in [1.82, 2.24) is 9.97 Å². The smallest absolute Gasteiger partial charge is 0.227 e. The van der Waals surface area contributed by atoms with E-state index in [-0.39, 0.29) is 11.8 Å². The minimum absolute atomic E-state index is 0.0568. The van der Waals surface area contributed by atoms with Crippen LogP contribution in [0.15, 0.2) is 24.3 Å². The number of rotatable bonds is 5. The Kier molecular flexibility index (Phi) is 3.94. The first-order valence-corrected chi connectivity index (χ1v) is 5.92. The summed E-state index contributed by atoms with van der Waals surface area (Å²) in [5.41, 5.74) is 1.76. The van der Waals surface area contributed by atoms with Gasteiger partial charge in [-0.25, -0.2) is 4.98 Å². The van der Waals surface area contributed by atoms with E-state index >= 15 is 0 Å². The lowest BCUT2D eigenvalue weighted by Gasteiger charge is -2.08. The van der Waals surface area contributed by atoms with E-state index in [1.54, 1.807) is 7.11 Å². The summed E-state index contributed by atoms with van der Waals surface area (Å²) in [7, 11) is 1.63. The van der Waals surface area contributed by atoms with Crippen LogP contribution in [0.25, 0.3) is 11.0 Å². The molecule has 1 aromatic heterocycles. The molecule has 1 atom stereocenters. The van der Waals surface area contributed by atoms with E-state index in [1.807, 2.05) is 31.2 Å². The molecule has 2 rings (SSSR count). The van der Waals surface area contributed by atoms with Gasteiger partial charge in [0, 0.05) is 20.1 Å². The lowest BCUT2D eigenvalue weighted by atomic mass is 10.1. The molecule has 1 aromatic carbocycles. The predicted molar refractivity (Wildman–Crippen MR) is 70.4 cm³/mol. The van der Waals surface area contributed by atoms with Crippen molar-refractivity contribution in [3.63, 3.8) is 0 Å². The zero-order valence-electron chi connectivity index (χ0n) is 10.6. The highest BCUT2D eigenvalue weighted by Crippen LogP contribution is 2.14. The summed E-state index contributed by atoms with van der Waals surface area (Å²) in [5, 5.41) is 2.76. The van der Waals surface area contributed by atoms with Gasteiger partial charge in [-0.05, 0) is 18.1 Å². The quantitative estimate of drug-likeness (QED) is 0.851. The van der Waals surface area contributed by atoms with Crippen LogP contribution in [0.5, 0.6) is 0 Å². The number of amides is 1. The SMILES string of the molecule is COCC(C)CC(=O)Nc1nc2ccccc2[nH]1. The molecule has 0 aliphatic heterocycles. The Morgan fingerprint density at radius 3 is 3.00 bits per heavy atom. The number of aromatic nitrogens is 2. The Hall–Kier alpha value is -1.88. The van der Waals surface area contributed by atoms with Crippen LogP contribution in [0.2, 0.25) is 0 Å². The maximum absolute atomic E-state index is 11.7. The Morgan fingerprint density at radius 1 is 1.50 bits per heavy atom. The molecule has 2 aromatic rings. The maximum atomic E-state index is 11.7. The number of H-pyrrole nitrogens is 1. The summed E-state index contributed by atoms with van der Waals surface area (Å²) in [6.07, 6.45) is 0.422. The number of carbonyl (C=O) groups excluding carboxylic acids is 1. The number of anilines is 1. The van der Waals surface area contributed by atoms with Crippen molar-refractivity contribution >= 4 is 22.9 Å². The number of ether oxygens (including phenoxy) is 1. The molecule has 2 N–H and O–H groups in total. The average molecular weight is 247 g/mol. The molecule has 0 aliphatic carbocycles. The number of nitrogens with one attached hydrogen (secondary N) is 2. The normalized spacial score (nSPS) is 12.6. The molecule has 5 heteroatoms. The Morgan fingerprint density at radius 2 is 2.28 bits per heavy atom. The second-order valence-electron chi connectivity index (χ2n) is 4.42. The first-order valence-electron chi connectivity index (χ1n) is 5.92. The lowest BCUT2D eigenvalue weighted by Crippen LogP contribution is -2.18. The van der Waals surface area contributed by atoms with Crippen molar-refractivity contribution in [3.05, 3.63) is 24.3 Å². The van der Waals surface area contributed by atoms with Crippen LogP contribution in [0, 0.1) is 5.92 Å². The first-order chi connectivity index (χ1) is 8.69. The Bertz CT molecular complexity index is 503. The molecular weight excluding hydrogens is 230 g/mol. The predicted octanol–water partition coefficient (Wildman–Crippen LogP) is 2.17. The first kappa shape index (κ1) is 12.6. The molecule has 0 saturated carbocycles. The number of para-hydroxylation sites is 2. The summed E-state index contributed by atoms with van der Waals surface area (Å²) in [6, 6.07) is 7.66. The summed E-state index contributed by atoms with van der Waals surface area (Å²) >= 11 is 0. The topological polar surface area (TPSA) is 67.0 Å². The number of methoxy groups -OCH3 is 1. The number of carbonyl (C=O) groups is 1. The second-order valence-corrected chi connectivity index (χ2v) is 4.42. The van der Waals surface area contributed by atoms with Crippen LogP contribution in [0.4, 0.5) is 5.95 Å². The van der Waals surface area contributed by atoms with Gasteiger partial charge in [-0.3, -0.25) is 10.1 Å². The van der Waals surface area contributed by atoms with Gasteiger partial charge in [0.05, 0.1) is 11.0 Å². The number of fused-ring (bicyclic) bond motifs is 1. The van der Waals surface area contributed by atoms with E-state index in [2.05, 4.69) is 15.3 Å². The Labute approximate surface area is 106 Å². The van der Waals surface area contributed by atoms with Gasteiger partial charge in [0.2, 0.25) is 11.9 Å². The van der Waals surface area contributed by atoms with E-state index < -0.39 is 0 Å². The molecule has 1 heterocycles. The third kappa shape index (κ3) is 3.07. The second kappa shape index (κ2) is 5.64. The van der Waals surface area contributed by atoms with Crippen molar-refractivity contribution in [2.45, 2.75) is 13.3 Å². The van der Waals surface area contributed by atoms with E-state index in [9.17, 15) is 4.79 Å². The van der Waals surface area contributed by atoms with Crippen molar-refractivity contribution in [1.29, 1.82) is 0 Å². The van der Waals surface area contributed by atoms with E-state index in [0.29, 0.717) is 19.0 Å². The van der Waals surface area contributed by atoms with Crippen LogP contribution in [-0.2, 0) is 9.53 Å². The standard InChI is InChI=1S/C13H17N3O2/c1-9(8-18-2)7-12(17)16-13-14-10-5-3-4-6-11(10)15-13/h3-6,9H,7-8H2,1-2H3,(H2,14,15,16,17). The molecular formula is C13H17N3O2. The lowest BCUT2D eigenvalue weighted by molar-refractivity contribution is -0.117. The van der Waals surface area contributed by atoms with Crippen molar-refractivity contribution in [2.75, 3.05) is 19.0 Å². The largest absolute Gasteiger partial charge is 0.384 e. The highest BCUT2D eigenvalue weighted by Gasteiger charge is 2.11. The average Bonchev–Trinajstić information content (AvgIpc) is 2.70. The highest BCUT2D eigenvalue weighted by molar-refractivity contribution is 5.91. The van der Waals surface area contributed by atoms with Crippen molar-refractivity contribution in [2.24, 2.45) is 5.92 Å². The number of nitrogens with zero attached hydrogens (tertiary/aromatic N) is 1. The molecule has 0 saturated heterocycles. The summed E-state index contributed by atoms with van der Waals surface area (Å²) < 4.78 is 5.00. The number of benzene rings is 1.